The molecule has 0 saturated heterocycles. The first kappa shape index (κ1) is 18.6. The van der Waals surface area contributed by atoms with Gasteiger partial charge in [-0.05, 0) is 0 Å². The second-order valence-corrected chi connectivity index (χ2v) is 0. The molecule has 0 spiro atoms. The third-order valence-corrected chi connectivity index (χ3v) is 0. The van der Waals surface area contributed by atoms with Crippen LogP contribution in [0, 0.1) is 6.92 Å². The summed E-state index contributed by atoms with van der Waals surface area (Å²) in [7, 11) is 0. The molecule has 0 N–H and O–H groups in total. The SMILES string of the molecule is Cl.[CH2-]C.[Na+]. The first-order valence-electron chi connectivity index (χ1n) is 0.707. The molecule has 0 atom stereocenters. The fourth-order valence-corrected chi connectivity index (χ4v) is 0. The van der Waals surface area contributed by atoms with Gasteiger partial charge in [0.15, 0.2) is 0 Å². The summed E-state index contributed by atoms with van der Waals surface area (Å²) in [6.45, 7) is 5.00. The van der Waals surface area contributed by atoms with E-state index in [1.807, 2.05) is 0 Å². The summed E-state index contributed by atoms with van der Waals surface area (Å²) >= 11 is 0. The Balaban J connectivity index is -0.00000000500. The van der Waals surface area contributed by atoms with Gasteiger partial charge in [-0.3, -0.25) is 0 Å². The van der Waals surface area contributed by atoms with E-state index >= 15 is 0 Å². The smallest absolute Gasteiger partial charge is 0.346 e. The number of halogens is 1. The van der Waals surface area contributed by atoms with E-state index in [0.29, 0.717) is 0 Å². The Morgan fingerprint density at radius 3 is 1.25 bits per heavy atom. The van der Waals surface area contributed by atoms with Crippen molar-refractivity contribution in [3.05, 3.63) is 6.92 Å². The predicted octanol–water partition coefficient (Wildman–Crippen LogP) is -1.73. The van der Waals surface area contributed by atoms with E-state index in [2.05, 4.69) is 6.92 Å². The van der Waals surface area contributed by atoms with E-state index in [4.69, 9.17) is 0 Å². The summed E-state index contributed by atoms with van der Waals surface area (Å²) in [6, 6.07) is 0. The van der Waals surface area contributed by atoms with Crippen LogP contribution in [0.15, 0.2) is 0 Å². The average Bonchev–Trinajstić information content (AvgIpc) is 1.00. The van der Waals surface area contributed by atoms with Gasteiger partial charge in [0.25, 0.3) is 0 Å². The minimum absolute atomic E-state index is 0. The Bertz CT molecular complexity index is 6.00. The molecule has 0 rings (SSSR count). The molecule has 0 unspecified atom stereocenters. The maximum absolute atomic E-state index is 3.25. The zero-order chi connectivity index (χ0) is 2.00. The number of hydrogen-bond donors (Lipinski definition) is 0. The van der Waals surface area contributed by atoms with Gasteiger partial charge in [0.2, 0.25) is 0 Å². The molecule has 2 heteroatoms. The predicted molar refractivity (Wildman–Crippen MR) is 18.3 cm³/mol. The summed E-state index contributed by atoms with van der Waals surface area (Å²) in [5, 5.41) is 0. The summed E-state index contributed by atoms with van der Waals surface area (Å²) in [6.07, 6.45) is 0. The van der Waals surface area contributed by atoms with Crippen LogP contribution in [-0.2, 0) is 0 Å². The maximum Gasteiger partial charge on any atom is 1.00 e. The minimum Gasteiger partial charge on any atom is -0.346 e. The minimum atomic E-state index is 0. The quantitative estimate of drug-likeness (QED) is 0.244. The Kier molecular flexibility index (Phi) is 130. The Hall–Kier alpha value is 1.29. The zero-order valence-electron chi connectivity index (χ0n) is 3.12. The molecule has 0 aliphatic carbocycles. The first-order valence-corrected chi connectivity index (χ1v) is 0.707. The molecule has 0 bridgehead atoms. The molecule has 0 aromatic rings. The van der Waals surface area contributed by atoms with Gasteiger partial charge >= 0.3 is 29.6 Å². The van der Waals surface area contributed by atoms with Crippen molar-refractivity contribution in [1.82, 2.24) is 0 Å². The van der Waals surface area contributed by atoms with Gasteiger partial charge in [0.05, 0.1) is 0 Å². The molecule has 4 heavy (non-hydrogen) atoms. The van der Waals surface area contributed by atoms with E-state index in [9.17, 15) is 0 Å². The third kappa shape index (κ3) is 10.4. The van der Waals surface area contributed by atoms with E-state index in [1.165, 1.54) is 0 Å². The van der Waals surface area contributed by atoms with Gasteiger partial charge in [-0.25, -0.2) is 0 Å². The molecule has 0 fully saturated rings. The molecule has 0 saturated carbocycles. The molecular weight excluding hydrogens is 82.5 g/mol. The van der Waals surface area contributed by atoms with Crippen LogP contribution in [-0.4, -0.2) is 0 Å². The summed E-state index contributed by atoms with van der Waals surface area (Å²) in [4.78, 5) is 0. The summed E-state index contributed by atoms with van der Waals surface area (Å²) in [5.74, 6) is 0. The molecule has 0 nitrogen and oxygen atoms in total. The van der Waals surface area contributed by atoms with Crippen molar-refractivity contribution in [3.8, 4) is 0 Å². The van der Waals surface area contributed by atoms with Gasteiger partial charge in [-0.1, -0.05) is 0 Å². The van der Waals surface area contributed by atoms with Crippen LogP contribution in [0.1, 0.15) is 6.92 Å². The van der Waals surface area contributed by atoms with Crippen LogP contribution in [0.3, 0.4) is 0 Å². The molecule has 0 aliphatic heterocycles. The van der Waals surface area contributed by atoms with E-state index in [-0.39, 0.29) is 42.0 Å². The van der Waals surface area contributed by atoms with Crippen molar-refractivity contribution in [2.24, 2.45) is 0 Å². The average molecular weight is 88.5 g/mol. The van der Waals surface area contributed by atoms with Crippen molar-refractivity contribution in [2.75, 3.05) is 0 Å². The maximum atomic E-state index is 3.25. The van der Waals surface area contributed by atoms with Crippen LogP contribution < -0.4 is 29.6 Å². The molecule has 0 aromatic carbocycles. The zero-order valence-corrected chi connectivity index (χ0v) is 5.93. The van der Waals surface area contributed by atoms with Gasteiger partial charge in [0.1, 0.15) is 0 Å². The van der Waals surface area contributed by atoms with Gasteiger partial charge in [-0.2, -0.15) is 6.92 Å². The first-order chi connectivity index (χ1) is 1.00. The number of hydrogen-bond acceptors (Lipinski definition) is 0. The molecule has 22 valence electrons. The molecule has 0 aromatic heterocycles. The van der Waals surface area contributed by atoms with Gasteiger partial charge in [0, 0.05) is 0 Å². The topological polar surface area (TPSA) is 0 Å². The van der Waals surface area contributed by atoms with Gasteiger partial charge in [-0.15, -0.1) is 12.4 Å². The molecular formula is C2H6ClNa. The normalized spacial score (nSPS) is 1.50. The second kappa shape index (κ2) is 27.9. The fourth-order valence-electron chi connectivity index (χ4n) is 0. The summed E-state index contributed by atoms with van der Waals surface area (Å²) in [5.41, 5.74) is 0. The third-order valence-electron chi connectivity index (χ3n) is 0. The van der Waals surface area contributed by atoms with E-state index in [1.54, 1.807) is 6.92 Å². The van der Waals surface area contributed by atoms with Crippen molar-refractivity contribution in [2.45, 2.75) is 6.92 Å². The second-order valence-electron chi connectivity index (χ2n) is 0. The van der Waals surface area contributed by atoms with Gasteiger partial charge < -0.3 is 6.92 Å². The van der Waals surface area contributed by atoms with Crippen LogP contribution in [0.2, 0.25) is 0 Å². The molecule has 0 aliphatic rings. The monoisotopic (exact) mass is 88.0 g/mol. The van der Waals surface area contributed by atoms with Crippen molar-refractivity contribution >= 4 is 12.4 Å². The van der Waals surface area contributed by atoms with Crippen molar-refractivity contribution < 1.29 is 29.6 Å². The molecule has 0 radical (unpaired) electrons. The van der Waals surface area contributed by atoms with Crippen molar-refractivity contribution in [3.63, 3.8) is 0 Å². The standard InChI is InChI=1S/C2H5.ClH.Na/c1-2;;/h1H2,2H3;1H;/q-1;;+1. The summed E-state index contributed by atoms with van der Waals surface area (Å²) < 4.78 is 0. The number of rotatable bonds is 0. The van der Waals surface area contributed by atoms with Crippen molar-refractivity contribution in [1.29, 1.82) is 0 Å². The van der Waals surface area contributed by atoms with Crippen LogP contribution in [0.5, 0.6) is 0 Å². The molecule has 0 heterocycles. The van der Waals surface area contributed by atoms with E-state index < -0.39 is 0 Å². The Morgan fingerprint density at radius 2 is 1.25 bits per heavy atom. The van der Waals surface area contributed by atoms with Crippen LogP contribution in [0.25, 0.3) is 0 Å². The fraction of sp³-hybridized carbons (Fsp3) is 0.500. The largest absolute Gasteiger partial charge is 1.00 e. The van der Waals surface area contributed by atoms with E-state index in [0.717, 1.165) is 0 Å². The molecule has 0 amide bonds. The Labute approximate surface area is 55.7 Å². The Morgan fingerprint density at radius 1 is 1.25 bits per heavy atom. The van der Waals surface area contributed by atoms with Crippen LogP contribution in [0.4, 0.5) is 0 Å². The van der Waals surface area contributed by atoms with Crippen LogP contribution >= 0.6 is 12.4 Å².